The molecule has 186 valence electrons. The van der Waals surface area contributed by atoms with Gasteiger partial charge in [-0.1, -0.05) is 54.6 Å². The summed E-state index contributed by atoms with van der Waals surface area (Å²) in [6, 6.07) is 22.6. The Morgan fingerprint density at radius 2 is 1.49 bits per heavy atom. The summed E-state index contributed by atoms with van der Waals surface area (Å²) in [5.41, 5.74) is 5.11. The molecule has 6 heteroatoms. The van der Waals surface area contributed by atoms with Crippen molar-refractivity contribution in [2.24, 2.45) is 5.92 Å². The van der Waals surface area contributed by atoms with Gasteiger partial charge in [-0.2, -0.15) is 13.2 Å². The van der Waals surface area contributed by atoms with Crippen molar-refractivity contribution in [2.75, 3.05) is 6.54 Å². The number of carboxylic acids is 1. The zero-order chi connectivity index (χ0) is 25.7. The maximum absolute atomic E-state index is 13.0. The summed E-state index contributed by atoms with van der Waals surface area (Å²) < 4.78 is 38.9. The summed E-state index contributed by atoms with van der Waals surface area (Å²) in [7, 11) is 0. The first-order chi connectivity index (χ1) is 17.8. The summed E-state index contributed by atoms with van der Waals surface area (Å²) in [6.07, 6.45) is 0.301. The lowest BCUT2D eigenvalue weighted by Gasteiger charge is -2.36. The van der Waals surface area contributed by atoms with E-state index in [0.29, 0.717) is 17.5 Å². The maximum atomic E-state index is 13.0. The number of piperidine rings is 1. The fraction of sp³-hybridized carbons (Fsp3) is 0.194. The van der Waals surface area contributed by atoms with Gasteiger partial charge >= 0.3 is 12.1 Å². The van der Waals surface area contributed by atoms with Gasteiger partial charge in [-0.15, -0.1) is 0 Å². The molecule has 37 heavy (non-hydrogen) atoms. The second-order valence-electron chi connectivity index (χ2n) is 9.83. The van der Waals surface area contributed by atoms with Crippen LogP contribution in [0.5, 0.6) is 0 Å². The van der Waals surface area contributed by atoms with E-state index < -0.39 is 17.7 Å². The second kappa shape index (κ2) is 8.89. The average Bonchev–Trinajstić information content (AvgIpc) is 2.92. The van der Waals surface area contributed by atoms with Gasteiger partial charge in [0, 0.05) is 12.6 Å². The molecular weight excluding hydrogens is 475 g/mol. The Kier molecular flexibility index (Phi) is 5.64. The van der Waals surface area contributed by atoms with E-state index in [1.807, 2.05) is 30.3 Å². The van der Waals surface area contributed by atoms with Crippen LogP contribution in [-0.2, 0) is 6.18 Å². The van der Waals surface area contributed by atoms with Crippen LogP contribution in [0.15, 0.2) is 84.9 Å². The fourth-order valence-electron chi connectivity index (χ4n) is 5.58. The molecule has 0 saturated carbocycles. The number of alkyl halides is 3. The first-order valence-electron chi connectivity index (χ1n) is 12.3. The van der Waals surface area contributed by atoms with Crippen LogP contribution in [-0.4, -0.2) is 23.7 Å². The molecule has 3 nitrogen and oxygen atoms in total. The smallest absolute Gasteiger partial charge is 0.416 e. The Morgan fingerprint density at radius 1 is 0.811 bits per heavy atom. The lowest BCUT2D eigenvalue weighted by Crippen LogP contribution is -2.42. The molecule has 0 amide bonds. The van der Waals surface area contributed by atoms with Crippen LogP contribution in [0.3, 0.4) is 0 Å². The van der Waals surface area contributed by atoms with Gasteiger partial charge in [0.1, 0.15) is 0 Å². The van der Waals surface area contributed by atoms with Crippen molar-refractivity contribution in [3.8, 4) is 22.3 Å². The van der Waals surface area contributed by atoms with Crippen molar-refractivity contribution in [1.82, 2.24) is 5.32 Å². The van der Waals surface area contributed by atoms with E-state index >= 15 is 0 Å². The lowest BCUT2D eigenvalue weighted by molar-refractivity contribution is -0.137. The molecule has 4 aromatic carbocycles. The van der Waals surface area contributed by atoms with E-state index in [-0.39, 0.29) is 5.56 Å². The third kappa shape index (κ3) is 4.42. The third-order valence-corrected chi connectivity index (χ3v) is 7.55. The van der Waals surface area contributed by atoms with E-state index in [0.717, 1.165) is 46.1 Å². The van der Waals surface area contributed by atoms with Crippen molar-refractivity contribution in [3.63, 3.8) is 0 Å². The molecule has 0 aromatic heterocycles. The third-order valence-electron chi connectivity index (χ3n) is 7.55. The summed E-state index contributed by atoms with van der Waals surface area (Å²) in [5.74, 6) is -0.508. The van der Waals surface area contributed by atoms with Crippen LogP contribution in [0.4, 0.5) is 13.2 Å². The molecule has 2 bridgehead atoms. The number of carbonyl (C=O) groups is 1. The second-order valence-corrected chi connectivity index (χ2v) is 9.83. The Labute approximate surface area is 212 Å². The van der Waals surface area contributed by atoms with Crippen LogP contribution in [0.2, 0.25) is 0 Å². The SMILES string of the molecule is O=C(O)c1cc(-c2ccc(C3=C[C@H]4CC[C@@H]3CN4)cc2)c2ccc(-c3ccc(C(F)(F)F)cc3)cc2c1. The van der Waals surface area contributed by atoms with Crippen LogP contribution < -0.4 is 5.32 Å². The standard InChI is InChI=1S/C31H24F3NO2/c32-31(33,34)25-9-5-18(6-10-25)21-8-12-27-23(13-21)14-24(30(36)37)15-29(27)20-3-1-19(2-4-20)28-16-26-11-7-22(28)17-35-26/h1-6,8-10,12-16,22,26,35H,7,11,17H2,(H,36,37)/t22-,26-/m1/s1. The Balaban J connectivity index is 1.40. The molecule has 3 aliphatic rings. The zero-order valence-electron chi connectivity index (χ0n) is 19.8. The minimum absolute atomic E-state index is 0.162. The number of carboxylic acid groups (broad SMARTS) is 1. The maximum Gasteiger partial charge on any atom is 0.416 e. The quantitative estimate of drug-likeness (QED) is 0.303. The van der Waals surface area contributed by atoms with Crippen LogP contribution in [0.25, 0.3) is 38.6 Å². The van der Waals surface area contributed by atoms with Crippen molar-refractivity contribution in [3.05, 3.63) is 102 Å². The molecule has 2 N–H and O–H groups in total. The van der Waals surface area contributed by atoms with Gasteiger partial charge in [-0.25, -0.2) is 4.79 Å². The molecule has 2 heterocycles. The molecule has 2 aliphatic heterocycles. The van der Waals surface area contributed by atoms with Crippen molar-refractivity contribution >= 4 is 22.3 Å². The highest BCUT2D eigenvalue weighted by molar-refractivity contribution is 6.04. The number of rotatable bonds is 4. The molecule has 4 aromatic rings. The topological polar surface area (TPSA) is 49.3 Å². The van der Waals surface area contributed by atoms with E-state index in [1.165, 1.54) is 36.1 Å². The summed E-state index contributed by atoms with van der Waals surface area (Å²) in [5, 5.41) is 14.9. The van der Waals surface area contributed by atoms with E-state index in [1.54, 1.807) is 12.1 Å². The van der Waals surface area contributed by atoms with Crippen molar-refractivity contribution < 1.29 is 23.1 Å². The number of hydrogen-bond acceptors (Lipinski definition) is 2. The fourth-order valence-corrected chi connectivity index (χ4v) is 5.58. The largest absolute Gasteiger partial charge is 0.478 e. The summed E-state index contributed by atoms with van der Waals surface area (Å²) in [4.78, 5) is 11.9. The Morgan fingerprint density at radius 3 is 2.08 bits per heavy atom. The van der Waals surface area contributed by atoms with Gasteiger partial charge in [0.15, 0.2) is 0 Å². The first kappa shape index (κ1) is 23.5. The number of halogens is 3. The van der Waals surface area contributed by atoms with Crippen LogP contribution in [0, 0.1) is 5.92 Å². The van der Waals surface area contributed by atoms with Gasteiger partial charge in [-0.3, -0.25) is 0 Å². The minimum Gasteiger partial charge on any atom is -0.478 e. The molecule has 1 aliphatic carbocycles. The van der Waals surface area contributed by atoms with Gasteiger partial charge in [0.05, 0.1) is 11.1 Å². The molecule has 1 saturated heterocycles. The number of nitrogens with one attached hydrogen (secondary N) is 1. The number of fused-ring (bicyclic) bond motifs is 3. The zero-order valence-corrected chi connectivity index (χ0v) is 19.8. The molecule has 0 spiro atoms. The van der Waals surface area contributed by atoms with E-state index in [2.05, 4.69) is 23.5 Å². The highest BCUT2D eigenvalue weighted by Gasteiger charge is 2.30. The van der Waals surface area contributed by atoms with E-state index in [9.17, 15) is 23.1 Å². The normalized spacial score (nSPS) is 19.2. The van der Waals surface area contributed by atoms with Gasteiger partial charge in [0.2, 0.25) is 0 Å². The first-order valence-corrected chi connectivity index (χ1v) is 12.3. The molecule has 0 unspecified atom stereocenters. The lowest BCUT2D eigenvalue weighted by atomic mass is 9.78. The predicted molar refractivity (Wildman–Crippen MR) is 139 cm³/mol. The summed E-state index contributed by atoms with van der Waals surface area (Å²) >= 11 is 0. The van der Waals surface area contributed by atoms with Crippen LogP contribution >= 0.6 is 0 Å². The van der Waals surface area contributed by atoms with Gasteiger partial charge in [0.25, 0.3) is 0 Å². The predicted octanol–water partition coefficient (Wildman–Crippen LogP) is 7.66. The Hall–Kier alpha value is -3.90. The molecule has 0 radical (unpaired) electrons. The minimum atomic E-state index is -4.40. The van der Waals surface area contributed by atoms with Crippen molar-refractivity contribution in [1.29, 1.82) is 0 Å². The highest BCUT2D eigenvalue weighted by Crippen LogP contribution is 2.38. The average molecular weight is 500 g/mol. The Bertz CT molecular complexity index is 1530. The number of hydrogen-bond donors (Lipinski definition) is 2. The molecule has 1 fully saturated rings. The molecular formula is C31H24F3NO2. The highest BCUT2D eigenvalue weighted by atomic mass is 19.4. The number of benzene rings is 4. The molecule has 2 atom stereocenters. The van der Waals surface area contributed by atoms with Gasteiger partial charge < -0.3 is 10.4 Å². The van der Waals surface area contributed by atoms with Gasteiger partial charge in [-0.05, 0) is 93.3 Å². The molecule has 7 rings (SSSR count). The van der Waals surface area contributed by atoms with E-state index in [4.69, 9.17) is 0 Å². The monoisotopic (exact) mass is 499 g/mol. The van der Waals surface area contributed by atoms with Crippen LogP contribution in [0.1, 0.15) is 34.3 Å². The summed E-state index contributed by atoms with van der Waals surface area (Å²) in [6.45, 7) is 1.00. The van der Waals surface area contributed by atoms with Crippen molar-refractivity contribution in [2.45, 2.75) is 25.1 Å². The number of aromatic carboxylic acids is 1.